The average molecular weight is 466 g/mol. The zero-order valence-corrected chi connectivity index (χ0v) is 17.6. The van der Waals surface area contributed by atoms with Crippen LogP contribution in [0.25, 0.3) is 0 Å². The molecule has 3 saturated carbocycles. The Kier molecular flexibility index (Phi) is 5.31. The lowest BCUT2D eigenvalue weighted by molar-refractivity contribution is -0.184. The van der Waals surface area contributed by atoms with Gasteiger partial charge in [-0.3, -0.25) is 14.1 Å². The van der Waals surface area contributed by atoms with E-state index in [9.17, 15) is 31.6 Å². The molecular formula is C19H24F2O9S. The summed E-state index contributed by atoms with van der Waals surface area (Å²) in [5, 5.41) is -5.18. The number of ether oxygens (including phenoxy) is 3. The zero-order chi connectivity index (χ0) is 22.8. The number of fused-ring (bicyclic) bond motifs is 1. The molecule has 31 heavy (non-hydrogen) atoms. The molecule has 6 atom stereocenters. The molecule has 12 heteroatoms. The van der Waals surface area contributed by atoms with Crippen LogP contribution in [0.3, 0.4) is 0 Å². The van der Waals surface area contributed by atoms with Gasteiger partial charge in [-0.1, -0.05) is 13.3 Å². The van der Waals surface area contributed by atoms with Crippen LogP contribution in [-0.2, 0) is 38.7 Å². The monoisotopic (exact) mass is 466 g/mol. The lowest BCUT2D eigenvalue weighted by atomic mass is 9.77. The molecule has 2 bridgehead atoms. The molecule has 4 fully saturated rings. The van der Waals surface area contributed by atoms with Gasteiger partial charge in [0, 0.05) is 11.8 Å². The van der Waals surface area contributed by atoms with Crippen LogP contribution in [0, 0.1) is 23.7 Å². The Morgan fingerprint density at radius 3 is 2.45 bits per heavy atom. The highest BCUT2D eigenvalue weighted by Crippen LogP contribution is 2.59. The third kappa shape index (κ3) is 3.42. The minimum atomic E-state index is -6.05. The quantitative estimate of drug-likeness (QED) is 0.354. The summed E-state index contributed by atoms with van der Waals surface area (Å²) in [4.78, 5) is 37.3. The number of halogens is 2. The summed E-state index contributed by atoms with van der Waals surface area (Å²) in [6.07, 6.45) is 2.55. The summed E-state index contributed by atoms with van der Waals surface area (Å²) in [6, 6.07) is 0. The summed E-state index contributed by atoms with van der Waals surface area (Å²) in [5.41, 5.74) is -0.650. The Hall–Kier alpha value is -1.82. The zero-order valence-electron chi connectivity index (χ0n) is 16.8. The molecule has 0 radical (unpaired) electrons. The van der Waals surface area contributed by atoms with Crippen LogP contribution in [-0.4, -0.2) is 53.9 Å². The first-order valence-corrected chi connectivity index (χ1v) is 11.8. The molecule has 5 unspecified atom stereocenters. The molecule has 1 N–H and O–H groups in total. The molecule has 1 heterocycles. The maximum Gasteiger partial charge on any atom is 0.465 e. The molecule has 4 aliphatic rings. The van der Waals surface area contributed by atoms with Crippen molar-refractivity contribution in [3.63, 3.8) is 0 Å². The summed E-state index contributed by atoms with van der Waals surface area (Å²) >= 11 is 0. The number of alkyl halides is 2. The van der Waals surface area contributed by atoms with Gasteiger partial charge in [-0.15, -0.1) is 0 Å². The van der Waals surface area contributed by atoms with E-state index in [-0.39, 0.29) is 6.42 Å². The molecule has 1 saturated heterocycles. The Labute approximate surface area is 177 Å². The maximum absolute atomic E-state index is 13.7. The van der Waals surface area contributed by atoms with Crippen molar-refractivity contribution >= 4 is 28.0 Å². The second-order valence-corrected chi connectivity index (χ2v) is 10.4. The van der Waals surface area contributed by atoms with Gasteiger partial charge in [-0.2, -0.15) is 17.2 Å². The molecule has 4 rings (SSSR count). The van der Waals surface area contributed by atoms with E-state index in [4.69, 9.17) is 18.8 Å². The summed E-state index contributed by atoms with van der Waals surface area (Å²) in [7, 11) is -6.05. The standard InChI is InChI=1S/C19H24F2O9S/c1-2-18(6-4-3-5-7-18)30-16(23)12-10-8-9-11(12)15(22)28-13(9)14(10)29-17(24)19(20,21)31(25,26)27/h9-14H,2-8H2,1H3,(H,25,26,27)/t9?,10?,11?,12-,13?,14?/m1/s1. The van der Waals surface area contributed by atoms with Crippen molar-refractivity contribution in [3.8, 4) is 0 Å². The molecule has 0 amide bonds. The SMILES string of the molecule is CCC1(OC(=O)[C@@H]2C3CC4C(OC(=O)C42)C3OC(=O)C(F)(F)S(=O)(=O)O)CCCCC1. The number of carbonyl (C=O) groups excluding carboxylic acids is 3. The molecule has 0 aromatic rings. The van der Waals surface area contributed by atoms with Crippen LogP contribution in [0.5, 0.6) is 0 Å². The second-order valence-electron chi connectivity index (χ2n) is 8.90. The summed E-state index contributed by atoms with van der Waals surface area (Å²) in [6.45, 7) is 1.90. The fourth-order valence-corrected chi connectivity index (χ4v) is 6.03. The third-order valence-electron chi connectivity index (χ3n) is 7.35. The van der Waals surface area contributed by atoms with Crippen molar-refractivity contribution in [2.45, 2.75) is 74.9 Å². The van der Waals surface area contributed by atoms with Gasteiger partial charge in [0.2, 0.25) is 0 Å². The Morgan fingerprint density at radius 2 is 1.87 bits per heavy atom. The fraction of sp³-hybridized carbons (Fsp3) is 0.842. The highest BCUT2D eigenvalue weighted by Gasteiger charge is 2.71. The van der Waals surface area contributed by atoms with Gasteiger partial charge in [0.05, 0.1) is 11.8 Å². The van der Waals surface area contributed by atoms with Crippen molar-refractivity contribution in [3.05, 3.63) is 0 Å². The van der Waals surface area contributed by atoms with E-state index in [1.165, 1.54) is 0 Å². The predicted molar refractivity (Wildman–Crippen MR) is 97.0 cm³/mol. The first-order chi connectivity index (χ1) is 14.4. The van der Waals surface area contributed by atoms with Gasteiger partial charge < -0.3 is 14.2 Å². The number of hydrogen-bond acceptors (Lipinski definition) is 8. The van der Waals surface area contributed by atoms with Crippen LogP contribution in [0.2, 0.25) is 0 Å². The van der Waals surface area contributed by atoms with Gasteiger partial charge in [0.25, 0.3) is 0 Å². The normalized spacial score (nSPS) is 36.2. The predicted octanol–water partition coefficient (Wildman–Crippen LogP) is 1.84. The average Bonchev–Trinajstić information content (AvgIpc) is 3.31. The van der Waals surface area contributed by atoms with Gasteiger partial charge >= 0.3 is 33.3 Å². The van der Waals surface area contributed by atoms with Crippen molar-refractivity contribution in [2.24, 2.45) is 23.7 Å². The van der Waals surface area contributed by atoms with Crippen LogP contribution in [0.1, 0.15) is 51.9 Å². The van der Waals surface area contributed by atoms with E-state index >= 15 is 0 Å². The number of hydrogen-bond donors (Lipinski definition) is 1. The minimum absolute atomic E-state index is 0.218. The van der Waals surface area contributed by atoms with Gasteiger partial charge in [-0.25, -0.2) is 4.79 Å². The topological polar surface area (TPSA) is 133 Å². The van der Waals surface area contributed by atoms with E-state index in [0.717, 1.165) is 19.3 Å². The Balaban J connectivity index is 1.56. The maximum atomic E-state index is 13.7. The second kappa shape index (κ2) is 7.36. The van der Waals surface area contributed by atoms with E-state index < -0.39 is 74.8 Å². The van der Waals surface area contributed by atoms with Gasteiger partial charge in [0.1, 0.15) is 17.8 Å². The highest BCUT2D eigenvalue weighted by atomic mass is 32.2. The van der Waals surface area contributed by atoms with Crippen LogP contribution >= 0.6 is 0 Å². The van der Waals surface area contributed by atoms with Crippen molar-refractivity contribution in [1.29, 1.82) is 0 Å². The van der Waals surface area contributed by atoms with E-state index in [2.05, 4.69) is 0 Å². The molecule has 1 aliphatic heterocycles. The van der Waals surface area contributed by atoms with Crippen molar-refractivity contribution in [1.82, 2.24) is 0 Å². The van der Waals surface area contributed by atoms with Crippen LogP contribution in [0.15, 0.2) is 0 Å². The number of esters is 3. The minimum Gasteiger partial charge on any atom is -0.459 e. The lowest BCUT2D eigenvalue weighted by Gasteiger charge is -2.38. The first kappa shape index (κ1) is 22.4. The number of carbonyl (C=O) groups is 3. The summed E-state index contributed by atoms with van der Waals surface area (Å²) in [5.74, 6) is -6.99. The van der Waals surface area contributed by atoms with E-state index in [1.807, 2.05) is 6.92 Å². The molecule has 9 nitrogen and oxygen atoms in total. The Bertz CT molecular complexity index is 896. The lowest BCUT2D eigenvalue weighted by Crippen LogP contribution is -2.49. The molecule has 0 aromatic heterocycles. The molecule has 174 valence electrons. The van der Waals surface area contributed by atoms with Crippen molar-refractivity contribution in [2.75, 3.05) is 0 Å². The summed E-state index contributed by atoms with van der Waals surface area (Å²) < 4.78 is 73.5. The van der Waals surface area contributed by atoms with Crippen LogP contribution in [0.4, 0.5) is 8.78 Å². The van der Waals surface area contributed by atoms with Gasteiger partial charge in [0.15, 0.2) is 0 Å². The largest absolute Gasteiger partial charge is 0.465 e. The smallest absolute Gasteiger partial charge is 0.459 e. The van der Waals surface area contributed by atoms with Gasteiger partial charge in [-0.05, 0) is 38.5 Å². The van der Waals surface area contributed by atoms with E-state index in [0.29, 0.717) is 19.3 Å². The highest BCUT2D eigenvalue weighted by molar-refractivity contribution is 7.87. The molecular weight excluding hydrogens is 442 g/mol. The molecule has 3 aliphatic carbocycles. The molecule has 0 spiro atoms. The van der Waals surface area contributed by atoms with Crippen LogP contribution < -0.4 is 0 Å². The van der Waals surface area contributed by atoms with E-state index in [1.54, 1.807) is 0 Å². The molecule has 0 aromatic carbocycles. The number of rotatable bonds is 6. The fourth-order valence-electron chi connectivity index (χ4n) is 5.77. The first-order valence-electron chi connectivity index (χ1n) is 10.4. The Morgan fingerprint density at radius 1 is 1.23 bits per heavy atom. The van der Waals surface area contributed by atoms with Crippen molar-refractivity contribution < 1.29 is 50.3 Å². The third-order valence-corrected chi connectivity index (χ3v) is 8.16.